The molecule has 136 valence electrons. The lowest BCUT2D eigenvalue weighted by Gasteiger charge is -2.15. The number of hydrogen-bond donors (Lipinski definition) is 1. The number of carbonyl (C=O) groups excluding carboxylic acids is 2. The number of anilines is 1. The van der Waals surface area contributed by atoms with Crippen LogP contribution in [0.1, 0.15) is 33.6 Å². The molecular weight excluding hydrogens is 346 g/mol. The highest BCUT2D eigenvalue weighted by Gasteiger charge is 2.20. The third kappa shape index (κ3) is 3.29. The molecule has 4 heterocycles. The number of likely N-dealkylation sites (tertiary alicyclic amines) is 1. The van der Waals surface area contributed by atoms with Crippen LogP contribution >= 0.6 is 0 Å². The van der Waals surface area contributed by atoms with E-state index in [2.05, 4.69) is 15.3 Å². The van der Waals surface area contributed by atoms with Crippen molar-refractivity contribution in [2.24, 2.45) is 0 Å². The van der Waals surface area contributed by atoms with Crippen molar-refractivity contribution in [1.29, 1.82) is 0 Å². The highest BCUT2D eigenvalue weighted by molar-refractivity contribution is 6.03. The molecule has 2 amide bonds. The summed E-state index contributed by atoms with van der Waals surface area (Å²) in [5.41, 5.74) is 0.738. The summed E-state index contributed by atoms with van der Waals surface area (Å²) in [6.45, 7) is 1.45. The van der Waals surface area contributed by atoms with E-state index in [1.54, 1.807) is 35.4 Å². The molecule has 0 aromatic carbocycles. The minimum atomic E-state index is -0.453. The van der Waals surface area contributed by atoms with Gasteiger partial charge in [-0.05, 0) is 37.1 Å². The Kier molecular flexibility index (Phi) is 4.37. The number of nitrogens with zero attached hydrogens (tertiary/aromatic N) is 4. The number of fused-ring (bicyclic) bond motifs is 1. The van der Waals surface area contributed by atoms with Crippen LogP contribution < -0.4 is 10.9 Å². The van der Waals surface area contributed by atoms with Crippen molar-refractivity contribution in [2.75, 3.05) is 18.4 Å². The van der Waals surface area contributed by atoms with Crippen LogP contribution in [-0.2, 0) is 0 Å². The maximum atomic E-state index is 12.8. The fraction of sp³-hybridized carbons (Fsp3) is 0.211. The lowest BCUT2D eigenvalue weighted by Crippen LogP contribution is -2.29. The first-order chi connectivity index (χ1) is 13.1. The van der Waals surface area contributed by atoms with Crippen molar-refractivity contribution in [1.82, 2.24) is 19.3 Å². The molecule has 0 spiro atoms. The second kappa shape index (κ2) is 6.99. The average Bonchev–Trinajstić information content (AvgIpc) is 3.25. The molecule has 27 heavy (non-hydrogen) atoms. The molecule has 8 nitrogen and oxygen atoms in total. The van der Waals surface area contributed by atoms with E-state index in [1.165, 1.54) is 23.0 Å². The third-order valence-electron chi connectivity index (χ3n) is 4.51. The van der Waals surface area contributed by atoms with E-state index in [-0.39, 0.29) is 11.6 Å². The van der Waals surface area contributed by atoms with Gasteiger partial charge in [-0.3, -0.25) is 23.8 Å². The van der Waals surface area contributed by atoms with Gasteiger partial charge in [0.05, 0.1) is 17.3 Å². The van der Waals surface area contributed by atoms with Crippen molar-refractivity contribution in [3.05, 3.63) is 70.5 Å². The maximum absolute atomic E-state index is 12.8. The number of carbonyl (C=O) groups is 2. The predicted molar refractivity (Wildman–Crippen MR) is 98.8 cm³/mol. The Morgan fingerprint density at radius 2 is 1.85 bits per heavy atom. The summed E-state index contributed by atoms with van der Waals surface area (Å²) in [5, 5.41) is 2.55. The Hall–Kier alpha value is -3.55. The maximum Gasteiger partial charge on any atom is 0.281 e. The van der Waals surface area contributed by atoms with Gasteiger partial charge in [0.1, 0.15) is 11.3 Å². The van der Waals surface area contributed by atoms with Gasteiger partial charge in [0, 0.05) is 31.7 Å². The zero-order chi connectivity index (χ0) is 18.8. The molecule has 4 rings (SSSR count). The molecule has 0 radical (unpaired) electrons. The van der Waals surface area contributed by atoms with Crippen LogP contribution in [0.4, 0.5) is 5.69 Å². The summed E-state index contributed by atoms with van der Waals surface area (Å²) < 4.78 is 1.28. The summed E-state index contributed by atoms with van der Waals surface area (Å²) in [5.74, 6) is -0.558. The van der Waals surface area contributed by atoms with E-state index in [1.807, 2.05) is 0 Å². The standard InChI is InChI=1S/C19H17N5O3/c25-17(13-4-3-7-20-10-13)22-15-11-21-16-6-5-14(12-24(16)19(15)27)18(26)23-8-1-2-9-23/h3-7,10-12H,1-2,8-9H2,(H,22,25). The molecule has 3 aromatic heterocycles. The lowest BCUT2D eigenvalue weighted by atomic mass is 10.2. The van der Waals surface area contributed by atoms with Crippen LogP contribution in [0.3, 0.4) is 0 Å². The van der Waals surface area contributed by atoms with Crippen LogP contribution in [0.2, 0.25) is 0 Å². The van der Waals surface area contributed by atoms with Gasteiger partial charge in [-0.1, -0.05) is 0 Å². The second-order valence-electron chi connectivity index (χ2n) is 6.32. The molecule has 0 bridgehead atoms. The van der Waals surface area contributed by atoms with E-state index in [9.17, 15) is 14.4 Å². The molecule has 8 heteroatoms. The molecule has 0 saturated carbocycles. The molecule has 1 aliphatic rings. The second-order valence-corrected chi connectivity index (χ2v) is 6.32. The zero-order valence-corrected chi connectivity index (χ0v) is 14.5. The van der Waals surface area contributed by atoms with Crippen molar-refractivity contribution in [3.63, 3.8) is 0 Å². The minimum Gasteiger partial charge on any atom is -0.339 e. The van der Waals surface area contributed by atoms with Crippen molar-refractivity contribution < 1.29 is 9.59 Å². The van der Waals surface area contributed by atoms with Gasteiger partial charge in [-0.25, -0.2) is 4.98 Å². The Balaban J connectivity index is 1.67. The molecule has 1 aliphatic heterocycles. The molecule has 0 atom stereocenters. The topological polar surface area (TPSA) is 96.7 Å². The number of rotatable bonds is 3. The summed E-state index contributed by atoms with van der Waals surface area (Å²) in [6, 6.07) is 6.52. The number of aromatic nitrogens is 3. The van der Waals surface area contributed by atoms with Gasteiger partial charge in [0.25, 0.3) is 17.4 Å². The molecule has 1 fully saturated rings. The Labute approximate surface area is 154 Å². The number of nitrogens with one attached hydrogen (secondary N) is 1. The fourth-order valence-electron chi connectivity index (χ4n) is 3.08. The largest absolute Gasteiger partial charge is 0.339 e. The molecule has 0 unspecified atom stereocenters. The Morgan fingerprint density at radius 3 is 2.59 bits per heavy atom. The zero-order valence-electron chi connectivity index (χ0n) is 14.5. The van der Waals surface area contributed by atoms with Gasteiger partial charge in [-0.2, -0.15) is 0 Å². The lowest BCUT2D eigenvalue weighted by molar-refractivity contribution is 0.0792. The van der Waals surface area contributed by atoms with Gasteiger partial charge in [0.15, 0.2) is 0 Å². The molecule has 1 N–H and O–H groups in total. The first-order valence-electron chi connectivity index (χ1n) is 8.65. The van der Waals surface area contributed by atoms with Gasteiger partial charge in [-0.15, -0.1) is 0 Å². The number of amides is 2. The number of hydrogen-bond acceptors (Lipinski definition) is 5. The summed E-state index contributed by atoms with van der Waals surface area (Å²) in [6.07, 6.45) is 7.74. The van der Waals surface area contributed by atoms with E-state index < -0.39 is 11.5 Å². The quantitative estimate of drug-likeness (QED) is 0.762. The molecule has 3 aromatic rings. The van der Waals surface area contributed by atoms with Crippen molar-refractivity contribution in [2.45, 2.75) is 12.8 Å². The first-order valence-corrected chi connectivity index (χ1v) is 8.65. The minimum absolute atomic E-state index is 0.0344. The van der Waals surface area contributed by atoms with Gasteiger partial charge in [0.2, 0.25) is 0 Å². The highest BCUT2D eigenvalue weighted by Crippen LogP contribution is 2.13. The van der Waals surface area contributed by atoms with E-state index in [4.69, 9.17) is 0 Å². The Morgan fingerprint density at radius 1 is 1.04 bits per heavy atom. The first kappa shape index (κ1) is 16.9. The fourth-order valence-corrected chi connectivity index (χ4v) is 3.08. The van der Waals surface area contributed by atoms with Crippen molar-refractivity contribution in [3.8, 4) is 0 Å². The monoisotopic (exact) mass is 363 g/mol. The summed E-state index contributed by atoms with van der Waals surface area (Å²) in [4.78, 5) is 47.4. The van der Waals surface area contributed by atoms with Crippen LogP contribution in [0.5, 0.6) is 0 Å². The van der Waals surface area contributed by atoms with Crippen LogP contribution in [0, 0.1) is 0 Å². The van der Waals surface area contributed by atoms with Crippen molar-refractivity contribution >= 4 is 23.1 Å². The number of pyridine rings is 2. The van der Waals surface area contributed by atoms with Gasteiger partial charge >= 0.3 is 0 Å². The normalized spacial score (nSPS) is 13.7. The molecular formula is C19H17N5O3. The SMILES string of the molecule is O=C(Nc1cnc2ccc(C(=O)N3CCCC3)cn2c1=O)c1cccnc1. The smallest absolute Gasteiger partial charge is 0.281 e. The highest BCUT2D eigenvalue weighted by atomic mass is 16.2. The predicted octanol–water partition coefficient (Wildman–Crippen LogP) is 1.58. The van der Waals surface area contributed by atoms with Crippen LogP contribution in [0.25, 0.3) is 5.65 Å². The summed E-state index contributed by atoms with van der Waals surface area (Å²) >= 11 is 0. The molecule has 0 aliphatic carbocycles. The van der Waals surface area contributed by atoms with E-state index >= 15 is 0 Å². The molecule has 1 saturated heterocycles. The van der Waals surface area contributed by atoms with Crippen LogP contribution in [-0.4, -0.2) is 44.2 Å². The van der Waals surface area contributed by atoms with Crippen LogP contribution in [0.15, 0.2) is 53.8 Å². The van der Waals surface area contributed by atoms with E-state index in [0.29, 0.717) is 16.8 Å². The van der Waals surface area contributed by atoms with E-state index in [0.717, 1.165) is 25.9 Å². The third-order valence-corrected chi connectivity index (χ3v) is 4.51. The average molecular weight is 363 g/mol. The Bertz CT molecular complexity index is 1070. The summed E-state index contributed by atoms with van der Waals surface area (Å²) in [7, 11) is 0. The van der Waals surface area contributed by atoms with Gasteiger partial charge < -0.3 is 10.2 Å².